The maximum Gasteiger partial charge on any atom is 0.410 e. The molecule has 0 radical (unpaired) electrons. The van der Waals surface area contributed by atoms with Crippen LogP contribution in [0.4, 0.5) is 14.9 Å². The molecule has 2 aromatic carbocycles. The van der Waals surface area contributed by atoms with E-state index in [2.05, 4.69) is 17.0 Å². The molecular formula is C28H33ClFIN2O3. The van der Waals surface area contributed by atoms with E-state index in [1.54, 1.807) is 6.07 Å². The number of ether oxygens (including phenoxy) is 2. The first kappa shape index (κ1) is 25.9. The molecule has 1 spiro atoms. The molecule has 194 valence electrons. The van der Waals surface area contributed by atoms with Crippen LogP contribution in [0, 0.1) is 9.39 Å². The lowest BCUT2D eigenvalue weighted by Crippen LogP contribution is -2.50. The van der Waals surface area contributed by atoms with E-state index in [9.17, 15) is 4.79 Å². The third kappa shape index (κ3) is 5.02. The quantitative estimate of drug-likeness (QED) is 0.338. The molecular weight excluding hydrogens is 594 g/mol. The van der Waals surface area contributed by atoms with Crippen molar-refractivity contribution in [2.24, 2.45) is 0 Å². The van der Waals surface area contributed by atoms with E-state index in [-0.39, 0.29) is 23.4 Å². The number of fused-ring (bicyclic) bond motifs is 3. The molecule has 2 heterocycles. The van der Waals surface area contributed by atoms with Crippen molar-refractivity contribution in [2.45, 2.75) is 69.9 Å². The number of hydrogen-bond donors (Lipinski definition) is 0. The highest BCUT2D eigenvalue weighted by Crippen LogP contribution is 2.46. The second-order valence-electron chi connectivity index (χ2n) is 11.3. The van der Waals surface area contributed by atoms with Gasteiger partial charge < -0.3 is 19.3 Å². The molecule has 0 bridgehead atoms. The van der Waals surface area contributed by atoms with Gasteiger partial charge in [-0.25, -0.2) is 9.18 Å². The Morgan fingerprint density at radius 1 is 1.28 bits per heavy atom. The van der Waals surface area contributed by atoms with Crippen LogP contribution in [0.15, 0.2) is 30.3 Å². The Bertz CT molecular complexity index is 1170. The summed E-state index contributed by atoms with van der Waals surface area (Å²) in [5, 5.41) is 0.736. The first-order valence-corrected chi connectivity index (χ1v) is 14.2. The van der Waals surface area contributed by atoms with Crippen LogP contribution in [0.1, 0.15) is 57.6 Å². The number of aryl methyl sites for hydroxylation is 1. The van der Waals surface area contributed by atoms with Gasteiger partial charge in [0.1, 0.15) is 17.0 Å². The minimum Gasteiger partial charge on any atom is -0.490 e. The number of rotatable bonds is 2. The van der Waals surface area contributed by atoms with Gasteiger partial charge in [-0.2, -0.15) is 0 Å². The Balaban J connectivity index is 1.52. The van der Waals surface area contributed by atoms with Crippen LogP contribution in [-0.4, -0.2) is 48.9 Å². The summed E-state index contributed by atoms with van der Waals surface area (Å²) in [6, 6.07) is 9.70. The van der Waals surface area contributed by atoms with Crippen molar-refractivity contribution in [3.05, 3.63) is 55.9 Å². The fraction of sp³-hybridized carbons (Fsp3) is 0.536. The van der Waals surface area contributed by atoms with E-state index in [0.717, 1.165) is 37.1 Å². The maximum absolute atomic E-state index is 15.7. The smallest absolute Gasteiger partial charge is 0.410 e. The summed E-state index contributed by atoms with van der Waals surface area (Å²) in [5.74, 6) is 0.298. The van der Waals surface area contributed by atoms with Gasteiger partial charge in [0.05, 0.1) is 16.2 Å². The summed E-state index contributed by atoms with van der Waals surface area (Å²) in [7, 11) is 0. The Kier molecular flexibility index (Phi) is 7.09. The van der Waals surface area contributed by atoms with E-state index in [1.165, 1.54) is 11.1 Å². The van der Waals surface area contributed by atoms with Crippen LogP contribution in [0.25, 0.3) is 0 Å². The largest absolute Gasteiger partial charge is 0.490 e. The van der Waals surface area contributed by atoms with Crippen molar-refractivity contribution >= 4 is 46.0 Å². The summed E-state index contributed by atoms with van der Waals surface area (Å²) in [5.41, 5.74) is 2.13. The highest BCUT2D eigenvalue weighted by molar-refractivity contribution is 14.1. The van der Waals surface area contributed by atoms with Gasteiger partial charge >= 0.3 is 6.09 Å². The normalized spacial score (nSPS) is 23.7. The molecule has 0 N–H and O–H groups in total. The third-order valence-electron chi connectivity index (χ3n) is 7.52. The van der Waals surface area contributed by atoms with E-state index < -0.39 is 5.60 Å². The third-order valence-corrected chi connectivity index (χ3v) is 8.59. The van der Waals surface area contributed by atoms with Gasteiger partial charge in [0.25, 0.3) is 0 Å². The van der Waals surface area contributed by atoms with Crippen LogP contribution in [0.2, 0.25) is 5.02 Å². The Labute approximate surface area is 231 Å². The molecule has 1 saturated heterocycles. The van der Waals surface area contributed by atoms with Crippen LogP contribution in [0.5, 0.6) is 5.75 Å². The molecule has 2 aromatic rings. The summed E-state index contributed by atoms with van der Waals surface area (Å²) in [6.07, 6.45) is 4.41. The zero-order valence-corrected chi connectivity index (χ0v) is 24.0. The van der Waals surface area contributed by atoms with E-state index in [1.807, 2.05) is 60.4 Å². The highest BCUT2D eigenvalue weighted by atomic mass is 127. The summed E-state index contributed by atoms with van der Waals surface area (Å²) in [6.45, 7) is 7.91. The Morgan fingerprint density at radius 2 is 2.08 bits per heavy atom. The number of anilines is 1. The number of benzene rings is 2. The van der Waals surface area contributed by atoms with E-state index in [4.69, 9.17) is 21.1 Å². The van der Waals surface area contributed by atoms with Gasteiger partial charge in [-0.15, -0.1) is 0 Å². The van der Waals surface area contributed by atoms with Gasteiger partial charge in [0.15, 0.2) is 5.82 Å². The molecule has 8 heteroatoms. The molecule has 3 aliphatic rings. The van der Waals surface area contributed by atoms with E-state index in [0.29, 0.717) is 41.2 Å². The number of carbonyl (C=O) groups is 1. The topological polar surface area (TPSA) is 42.0 Å². The molecule has 2 atom stereocenters. The summed E-state index contributed by atoms with van der Waals surface area (Å²) < 4.78 is 28.4. The maximum atomic E-state index is 15.7. The second-order valence-corrected chi connectivity index (χ2v) is 12.9. The monoisotopic (exact) mass is 626 g/mol. The van der Waals surface area contributed by atoms with Crippen LogP contribution in [0.3, 0.4) is 0 Å². The van der Waals surface area contributed by atoms with Gasteiger partial charge in [-0.3, -0.25) is 0 Å². The molecule has 1 amide bonds. The first-order valence-electron chi connectivity index (χ1n) is 12.7. The van der Waals surface area contributed by atoms with Crippen molar-refractivity contribution in [1.29, 1.82) is 0 Å². The predicted molar refractivity (Wildman–Crippen MR) is 149 cm³/mol. The van der Waals surface area contributed by atoms with Crippen LogP contribution in [-0.2, 0) is 16.6 Å². The molecule has 2 aliphatic heterocycles. The minimum absolute atomic E-state index is 0.0617. The van der Waals surface area contributed by atoms with Gasteiger partial charge in [-0.1, -0.05) is 17.7 Å². The predicted octanol–water partition coefficient (Wildman–Crippen LogP) is 6.96. The van der Waals surface area contributed by atoms with Crippen LogP contribution < -0.4 is 9.64 Å². The average Bonchev–Trinajstić information content (AvgIpc) is 3.20. The number of hydrogen-bond acceptors (Lipinski definition) is 4. The highest BCUT2D eigenvalue weighted by Gasteiger charge is 2.44. The molecule has 1 aliphatic carbocycles. The SMILES string of the molecule is CC(C)(C)OC(=O)N1CCC[C@H]1CN1C[C@@]2(CCCc3cc(Cl)ccc32)COc2ccc(I)c(F)c21. The fourth-order valence-corrected chi connectivity index (χ4v) is 6.62. The zero-order chi connectivity index (χ0) is 25.7. The lowest BCUT2D eigenvalue weighted by molar-refractivity contribution is 0.0230. The second kappa shape index (κ2) is 9.86. The molecule has 0 aromatic heterocycles. The first-order chi connectivity index (χ1) is 17.1. The van der Waals surface area contributed by atoms with Crippen molar-refractivity contribution in [3.63, 3.8) is 0 Å². The lowest BCUT2D eigenvalue weighted by Gasteiger charge is -2.42. The van der Waals surface area contributed by atoms with Gasteiger partial charge in [0, 0.05) is 30.1 Å². The molecule has 5 rings (SSSR count). The minimum atomic E-state index is -0.563. The number of likely N-dealkylation sites (tertiary alicyclic amines) is 1. The average molecular weight is 627 g/mol. The molecule has 0 saturated carbocycles. The zero-order valence-electron chi connectivity index (χ0n) is 21.1. The molecule has 5 nitrogen and oxygen atoms in total. The lowest BCUT2D eigenvalue weighted by atomic mass is 9.70. The fourth-order valence-electron chi connectivity index (χ4n) is 5.99. The van der Waals surface area contributed by atoms with E-state index >= 15 is 4.39 Å². The summed E-state index contributed by atoms with van der Waals surface area (Å²) in [4.78, 5) is 17.0. The van der Waals surface area contributed by atoms with Crippen molar-refractivity contribution < 1.29 is 18.7 Å². The van der Waals surface area contributed by atoms with Crippen molar-refractivity contribution in [3.8, 4) is 5.75 Å². The molecule has 1 fully saturated rings. The van der Waals surface area contributed by atoms with Crippen LogP contribution >= 0.6 is 34.2 Å². The molecule has 0 unspecified atom stereocenters. The number of halogens is 3. The summed E-state index contributed by atoms with van der Waals surface area (Å²) >= 11 is 8.38. The number of amides is 1. The Hall–Kier alpha value is -1.74. The Morgan fingerprint density at radius 3 is 2.86 bits per heavy atom. The number of nitrogens with zero attached hydrogens (tertiary/aromatic N) is 2. The van der Waals surface area contributed by atoms with Crippen molar-refractivity contribution in [1.82, 2.24) is 4.90 Å². The molecule has 36 heavy (non-hydrogen) atoms. The standard InChI is InChI=1S/C28H33ClFIN2O3/c1-27(2,3)36-26(34)33-13-5-7-20(33)15-32-16-28(12-4-6-18-14-19(29)8-9-21(18)28)17-35-23-11-10-22(31)24(30)25(23)32/h8-11,14,20H,4-7,12-13,15-17H2,1-3H3/t20-,28-/m0/s1. The van der Waals surface area contributed by atoms with Gasteiger partial charge in [-0.05, 0) is 111 Å². The van der Waals surface area contributed by atoms with Gasteiger partial charge in [0.2, 0.25) is 0 Å². The number of carbonyl (C=O) groups excluding carboxylic acids is 1. The van der Waals surface area contributed by atoms with Crippen molar-refractivity contribution in [2.75, 3.05) is 31.1 Å².